The molecule has 128 valence electrons. The van der Waals surface area contributed by atoms with Gasteiger partial charge in [0, 0.05) is 18.2 Å². The summed E-state index contributed by atoms with van der Waals surface area (Å²) in [5.74, 6) is 0.461. The number of benzene rings is 2. The predicted octanol–water partition coefficient (Wildman–Crippen LogP) is 4.17. The number of nitro benzene ring substituents is 1. The normalized spacial score (nSPS) is 11.4. The number of carbonyl (C=O) groups is 1. The lowest BCUT2D eigenvalue weighted by Gasteiger charge is -2.03. The number of nitro groups is 1. The fraction of sp³-hybridized carbons (Fsp3) is 0.105. The summed E-state index contributed by atoms with van der Waals surface area (Å²) >= 11 is 0. The number of methoxy groups -OCH3 is 1. The van der Waals surface area contributed by atoms with E-state index in [1.807, 2.05) is 31.2 Å². The van der Waals surface area contributed by atoms with Gasteiger partial charge in [-0.15, -0.1) is 0 Å². The maximum Gasteiger partial charge on any atom is 0.336 e. The molecule has 0 amide bonds. The second-order valence-corrected chi connectivity index (χ2v) is 5.11. The Labute approximate surface area is 145 Å². The highest BCUT2D eigenvalue weighted by molar-refractivity contribution is 5.84. The maximum absolute atomic E-state index is 11.7. The topological polar surface area (TPSA) is 78.7 Å². The molecule has 0 N–H and O–H groups in total. The van der Waals surface area contributed by atoms with Crippen molar-refractivity contribution in [1.82, 2.24) is 0 Å². The van der Waals surface area contributed by atoms with Crippen molar-refractivity contribution < 1.29 is 19.2 Å². The first-order chi connectivity index (χ1) is 12.0. The van der Waals surface area contributed by atoms with Gasteiger partial charge in [-0.25, -0.2) is 4.79 Å². The van der Waals surface area contributed by atoms with Gasteiger partial charge in [0.15, 0.2) is 0 Å². The first-order valence-corrected chi connectivity index (χ1v) is 7.45. The Hall–Kier alpha value is -3.41. The molecule has 0 bridgehead atoms. The smallest absolute Gasteiger partial charge is 0.336 e. The third-order valence-corrected chi connectivity index (χ3v) is 3.39. The summed E-state index contributed by atoms with van der Waals surface area (Å²) in [7, 11) is 1.61. The van der Waals surface area contributed by atoms with E-state index >= 15 is 0 Å². The Bertz CT molecular complexity index is 805. The highest BCUT2D eigenvalue weighted by atomic mass is 16.6. The Morgan fingerprint density at radius 1 is 1.04 bits per heavy atom. The molecule has 2 aromatic carbocycles. The fourth-order valence-corrected chi connectivity index (χ4v) is 2.01. The Balaban J connectivity index is 1.95. The van der Waals surface area contributed by atoms with Gasteiger partial charge in [-0.1, -0.05) is 24.3 Å². The first-order valence-electron chi connectivity index (χ1n) is 7.45. The third kappa shape index (κ3) is 5.31. The van der Waals surface area contributed by atoms with E-state index < -0.39 is 10.9 Å². The largest absolute Gasteiger partial charge is 0.497 e. The lowest BCUT2D eigenvalue weighted by molar-refractivity contribution is -0.384. The van der Waals surface area contributed by atoms with E-state index in [0.717, 1.165) is 16.9 Å². The molecule has 0 aliphatic carbocycles. The molecule has 0 atom stereocenters. The molecular weight excluding hydrogens is 322 g/mol. The van der Waals surface area contributed by atoms with Gasteiger partial charge in [0.05, 0.1) is 12.0 Å². The summed E-state index contributed by atoms with van der Waals surface area (Å²) in [4.78, 5) is 21.8. The van der Waals surface area contributed by atoms with Crippen molar-refractivity contribution in [2.75, 3.05) is 7.11 Å². The minimum Gasteiger partial charge on any atom is -0.497 e. The van der Waals surface area contributed by atoms with Crippen LogP contribution in [0.1, 0.15) is 12.5 Å². The number of nitrogens with zero attached hydrogens (tertiary/aromatic N) is 1. The number of ether oxygens (including phenoxy) is 2. The van der Waals surface area contributed by atoms with Gasteiger partial charge < -0.3 is 9.47 Å². The minimum absolute atomic E-state index is 0.0617. The van der Waals surface area contributed by atoms with Crippen molar-refractivity contribution in [3.05, 3.63) is 82.4 Å². The molecule has 6 heteroatoms. The van der Waals surface area contributed by atoms with Gasteiger partial charge >= 0.3 is 5.97 Å². The van der Waals surface area contributed by atoms with Crippen LogP contribution in [0, 0.1) is 10.1 Å². The molecule has 0 radical (unpaired) electrons. The van der Waals surface area contributed by atoms with Crippen molar-refractivity contribution in [1.29, 1.82) is 0 Å². The van der Waals surface area contributed by atoms with Crippen molar-refractivity contribution in [3.8, 4) is 11.5 Å². The van der Waals surface area contributed by atoms with E-state index in [1.54, 1.807) is 19.3 Å². The van der Waals surface area contributed by atoms with E-state index in [1.165, 1.54) is 30.3 Å². The van der Waals surface area contributed by atoms with Crippen molar-refractivity contribution in [2.45, 2.75) is 6.92 Å². The molecule has 0 fully saturated rings. The van der Waals surface area contributed by atoms with Gasteiger partial charge in [0.2, 0.25) is 0 Å². The fourth-order valence-electron chi connectivity index (χ4n) is 2.01. The van der Waals surface area contributed by atoms with Crippen LogP contribution in [0.5, 0.6) is 11.5 Å². The SMILES string of the molecule is COc1ccc(/C(C)=C/C=C/C(=O)Oc2ccc([N+](=O)[O-])cc2)cc1. The summed E-state index contributed by atoms with van der Waals surface area (Å²) in [5.41, 5.74) is 1.92. The monoisotopic (exact) mass is 339 g/mol. The Kier molecular flexibility index (Phi) is 6.06. The zero-order valence-electron chi connectivity index (χ0n) is 13.8. The number of hydrogen-bond acceptors (Lipinski definition) is 5. The maximum atomic E-state index is 11.7. The van der Waals surface area contributed by atoms with Crippen LogP contribution in [0.15, 0.2) is 66.8 Å². The van der Waals surface area contributed by atoms with Gasteiger partial charge in [-0.3, -0.25) is 10.1 Å². The lowest BCUT2D eigenvalue weighted by atomic mass is 10.1. The van der Waals surface area contributed by atoms with E-state index in [0.29, 0.717) is 0 Å². The van der Waals surface area contributed by atoms with Crippen LogP contribution in [-0.2, 0) is 4.79 Å². The average Bonchev–Trinajstić information content (AvgIpc) is 2.62. The van der Waals surface area contributed by atoms with Gasteiger partial charge in [0.25, 0.3) is 5.69 Å². The van der Waals surface area contributed by atoms with Crippen LogP contribution in [0.2, 0.25) is 0 Å². The number of carbonyl (C=O) groups excluding carboxylic acids is 1. The van der Waals surface area contributed by atoms with Crippen LogP contribution in [0.4, 0.5) is 5.69 Å². The number of rotatable bonds is 6. The molecule has 0 heterocycles. The average molecular weight is 339 g/mol. The standard InChI is InChI=1S/C19H17NO5/c1-14(15-6-10-17(24-2)11-7-15)4-3-5-19(21)25-18-12-8-16(9-13-18)20(22)23/h3-13H,1-2H3/b5-3+,14-4+. The van der Waals surface area contributed by atoms with Crippen LogP contribution in [0.3, 0.4) is 0 Å². The van der Waals surface area contributed by atoms with Crippen LogP contribution >= 0.6 is 0 Å². The van der Waals surface area contributed by atoms with Gasteiger partial charge in [0.1, 0.15) is 11.5 Å². The summed E-state index contributed by atoms with van der Waals surface area (Å²) < 4.78 is 10.2. The molecular formula is C19H17NO5. The molecule has 0 saturated carbocycles. The molecule has 2 aromatic rings. The Morgan fingerprint density at radius 3 is 2.20 bits per heavy atom. The Morgan fingerprint density at radius 2 is 1.64 bits per heavy atom. The summed E-state index contributed by atoms with van der Waals surface area (Å²) in [6, 6.07) is 12.9. The number of esters is 1. The molecule has 0 spiro atoms. The molecule has 0 saturated heterocycles. The summed E-state index contributed by atoms with van der Waals surface area (Å²) in [6.07, 6.45) is 4.67. The van der Waals surface area contributed by atoms with Crippen molar-refractivity contribution >= 4 is 17.2 Å². The van der Waals surface area contributed by atoms with E-state index in [9.17, 15) is 14.9 Å². The highest BCUT2D eigenvalue weighted by Gasteiger charge is 2.06. The minimum atomic E-state index is -0.562. The predicted molar refractivity (Wildman–Crippen MR) is 94.5 cm³/mol. The molecule has 25 heavy (non-hydrogen) atoms. The van der Waals surface area contributed by atoms with E-state index in [2.05, 4.69) is 0 Å². The zero-order chi connectivity index (χ0) is 18.2. The molecule has 0 unspecified atom stereocenters. The molecule has 0 aromatic heterocycles. The quantitative estimate of drug-likeness (QED) is 0.197. The molecule has 6 nitrogen and oxygen atoms in total. The lowest BCUT2D eigenvalue weighted by Crippen LogP contribution is -2.03. The summed E-state index contributed by atoms with van der Waals surface area (Å²) in [5, 5.41) is 10.6. The van der Waals surface area contributed by atoms with Crippen molar-refractivity contribution in [2.24, 2.45) is 0 Å². The second kappa shape index (κ2) is 8.44. The number of hydrogen-bond donors (Lipinski definition) is 0. The van der Waals surface area contributed by atoms with Crippen LogP contribution in [-0.4, -0.2) is 18.0 Å². The van der Waals surface area contributed by atoms with E-state index in [4.69, 9.17) is 9.47 Å². The number of non-ortho nitro benzene ring substituents is 1. The molecule has 0 aliphatic rings. The van der Waals surface area contributed by atoms with Crippen LogP contribution < -0.4 is 9.47 Å². The van der Waals surface area contributed by atoms with Gasteiger partial charge in [-0.05, 0) is 42.3 Å². The molecule has 0 aliphatic heterocycles. The van der Waals surface area contributed by atoms with Crippen LogP contribution in [0.25, 0.3) is 5.57 Å². The highest BCUT2D eigenvalue weighted by Crippen LogP contribution is 2.19. The number of allylic oxidation sites excluding steroid dienone is 3. The third-order valence-electron chi connectivity index (χ3n) is 3.39. The van der Waals surface area contributed by atoms with E-state index in [-0.39, 0.29) is 11.4 Å². The zero-order valence-corrected chi connectivity index (χ0v) is 13.8. The summed E-state index contributed by atoms with van der Waals surface area (Å²) in [6.45, 7) is 1.92. The first kappa shape index (κ1) is 17.9. The van der Waals surface area contributed by atoms with Gasteiger partial charge in [-0.2, -0.15) is 0 Å². The molecule has 2 rings (SSSR count). The van der Waals surface area contributed by atoms with Crippen molar-refractivity contribution in [3.63, 3.8) is 0 Å². The second-order valence-electron chi connectivity index (χ2n) is 5.11.